The second-order valence-electron chi connectivity index (χ2n) is 6.31. The summed E-state index contributed by atoms with van der Waals surface area (Å²) in [6, 6.07) is 4.76. The molecular weight excluding hydrogens is 386 g/mol. The highest BCUT2D eigenvalue weighted by Crippen LogP contribution is 2.28. The lowest BCUT2D eigenvalue weighted by Crippen LogP contribution is -2.49. The summed E-state index contributed by atoms with van der Waals surface area (Å²) in [7, 11) is -3.78. The molecular formula is C17H17F4N3O2S. The standard InChI is InChI=1S/C17H17F4N3O2S/c1-10-3-4-12(9-11(10)2)27(25,26)24-7-5-23(6-8-24)15-13(18)16(20)22-17(21)14(15)19/h3-4,9H,5-8H2,1-2H3. The van der Waals surface area contributed by atoms with E-state index in [9.17, 15) is 26.0 Å². The first-order valence-electron chi connectivity index (χ1n) is 8.15. The smallest absolute Gasteiger partial charge is 0.253 e. The Bertz CT molecular complexity index is 964. The van der Waals surface area contributed by atoms with Gasteiger partial charge in [-0.1, -0.05) is 6.07 Å². The van der Waals surface area contributed by atoms with Gasteiger partial charge in [0.15, 0.2) is 0 Å². The molecule has 0 bridgehead atoms. The Morgan fingerprint density at radius 2 is 1.44 bits per heavy atom. The van der Waals surface area contributed by atoms with Gasteiger partial charge < -0.3 is 4.90 Å². The fourth-order valence-electron chi connectivity index (χ4n) is 2.93. The molecule has 1 aromatic carbocycles. The van der Waals surface area contributed by atoms with Crippen LogP contribution in [0.1, 0.15) is 11.1 Å². The first kappa shape index (κ1) is 19.6. The molecule has 0 N–H and O–H groups in total. The van der Waals surface area contributed by atoms with E-state index in [0.717, 1.165) is 16.0 Å². The van der Waals surface area contributed by atoms with E-state index < -0.39 is 39.2 Å². The summed E-state index contributed by atoms with van der Waals surface area (Å²) in [5.74, 6) is -6.68. The van der Waals surface area contributed by atoms with E-state index in [4.69, 9.17) is 0 Å². The van der Waals surface area contributed by atoms with E-state index in [1.54, 1.807) is 19.1 Å². The van der Waals surface area contributed by atoms with E-state index >= 15 is 0 Å². The molecule has 2 aromatic rings. The van der Waals surface area contributed by atoms with Crippen molar-refractivity contribution in [2.45, 2.75) is 18.7 Å². The van der Waals surface area contributed by atoms with E-state index in [1.165, 1.54) is 10.4 Å². The topological polar surface area (TPSA) is 53.5 Å². The number of benzene rings is 1. The average Bonchev–Trinajstić information content (AvgIpc) is 2.63. The van der Waals surface area contributed by atoms with Crippen LogP contribution in [0.2, 0.25) is 0 Å². The van der Waals surface area contributed by atoms with Gasteiger partial charge in [0.2, 0.25) is 21.7 Å². The number of aryl methyl sites for hydroxylation is 2. The molecule has 5 nitrogen and oxygen atoms in total. The first-order chi connectivity index (χ1) is 12.6. The Morgan fingerprint density at radius 1 is 0.889 bits per heavy atom. The van der Waals surface area contributed by atoms with Crippen LogP contribution in [0.5, 0.6) is 0 Å². The van der Waals surface area contributed by atoms with Crippen LogP contribution in [0.3, 0.4) is 0 Å². The van der Waals surface area contributed by atoms with Gasteiger partial charge in [0.1, 0.15) is 5.69 Å². The van der Waals surface area contributed by atoms with Gasteiger partial charge in [-0.15, -0.1) is 0 Å². The molecule has 2 heterocycles. The molecule has 3 rings (SSSR count). The van der Waals surface area contributed by atoms with E-state index in [0.29, 0.717) is 0 Å². The molecule has 10 heteroatoms. The molecule has 0 radical (unpaired) electrons. The van der Waals surface area contributed by atoms with Gasteiger partial charge in [-0.25, -0.2) is 8.42 Å². The van der Waals surface area contributed by atoms with Crippen LogP contribution >= 0.6 is 0 Å². The zero-order valence-electron chi connectivity index (χ0n) is 14.6. The highest BCUT2D eigenvalue weighted by molar-refractivity contribution is 7.89. The maximum absolute atomic E-state index is 13.9. The molecule has 1 aromatic heterocycles. The first-order valence-corrected chi connectivity index (χ1v) is 9.59. The number of nitrogens with zero attached hydrogens (tertiary/aromatic N) is 3. The van der Waals surface area contributed by atoms with Crippen LogP contribution in [0, 0.1) is 37.4 Å². The maximum atomic E-state index is 13.9. The van der Waals surface area contributed by atoms with E-state index in [2.05, 4.69) is 4.98 Å². The molecule has 1 fully saturated rings. The second-order valence-corrected chi connectivity index (χ2v) is 8.25. The number of piperazine rings is 1. The summed E-state index contributed by atoms with van der Waals surface area (Å²) < 4.78 is 81.1. The second kappa shape index (κ2) is 7.08. The molecule has 0 unspecified atom stereocenters. The van der Waals surface area contributed by atoms with Gasteiger partial charge >= 0.3 is 0 Å². The van der Waals surface area contributed by atoms with Crippen LogP contribution in [0.4, 0.5) is 23.2 Å². The van der Waals surface area contributed by atoms with Gasteiger partial charge in [-0.3, -0.25) is 0 Å². The zero-order valence-corrected chi connectivity index (χ0v) is 15.5. The number of anilines is 1. The predicted molar refractivity (Wildman–Crippen MR) is 91.0 cm³/mol. The van der Waals surface area contributed by atoms with Crippen molar-refractivity contribution in [2.75, 3.05) is 31.1 Å². The summed E-state index contributed by atoms with van der Waals surface area (Å²) in [6.45, 7) is 3.24. The third-order valence-electron chi connectivity index (χ3n) is 4.65. The van der Waals surface area contributed by atoms with Crippen LogP contribution in [-0.4, -0.2) is 43.9 Å². The van der Waals surface area contributed by atoms with Crippen LogP contribution in [-0.2, 0) is 10.0 Å². The van der Waals surface area contributed by atoms with Gasteiger partial charge in [0, 0.05) is 26.2 Å². The molecule has 0 atom stereocenters. The van der Waals surface area contributed by atoms with Crippen molar-refractivity contribution in [1.29, 1.82) is 0 Å². The zero-order chi connectivity index (χ0) is 19.9. The van der Waals surface area contributed by atoms with Crippen LogP contribution < -0.4 is 4.90 Å². The Hall–Kier alpha value is -2.20. The lowest BCUT2D eigenvalue weighted by atomic mass is 10.1. The van der Waals surface area contributed by atoms with Crippen molar-refractivity contribution >= 4 is 15.7 Å². The van der Waals surface area contributed by atoms with Crippen LogP contribution in [0.15, 0.2) is 23.1 Å². The quantitative estimate of drug-likeness (QED) is 0.584. The number of hydrogen-bond acceptors (Lipinski definition) is 4. The number of hydrogen-bond donors (Lipinski definition) is 0. The summed E-state index contributed by atoms with van der Waals surface area (Å²) in [5.41, 5.74) is 0.899. The summed E-state index contributed by atoms with van der Waals surface area (Å²) in [4.78, 5) is 3.72. The monoisotopic (exact) mass is 403 g/mol. The summed E-state index contributed by atoms with van der Waals surface area (Å²) >= 11 is 0. The summed E-state index contributed by atoms with van der Waals surface area (Å²) in [6.07, 6.45) is 0. The van der Waals surface area contributed by atoms with Crippen molar-refractivity contribution < 1.29 is 26.0 Å². The number of rotatable bonds is 3. The maximum Gasteiger partial charge on any atom is 0.253 e. The molecule has 0 aliphatic carbocycles. The van der Waals surface area contributed by atoms with Crippen molar-refractivity contribution in [3.63, 3.8) is 0 Å². The van der Waals surface area contributed by atoms with Crippen molar-refractivity contribution in [3.8, 4) is 0 Å². The minimum atomic E-state index is -3.78. The Balaban J connectivity index is 1.82. The predicted octanol–water partition coefficient (Wildman–Crippen LogP) is 2.77. The lowest BCUT2D eigenvalue weighted by Gasteiger charge is -2.35. The number of aromatic nitrogens is 1. The minimum Gasteiger partial charge on any atom is -0.364 e. The molecule has 0 spiro atoms. The third-order valence-corrected chi connectivity index (χ3v) is 6.54. The number of halogens is 4. The Morgan fingerprint density at radius 3 is 1.96 bits per heavy atom. The molecule has 0 amide bonds. The van der Waals surface area contributed by atoms with Crippen molar-refractivity contribution in [2.24, 2.45) is 0 Å². The fraction of sp³-hybridized carbons (Fsp3) is 0.353. The molecule has 146 valence electrons. The fourth-order valence-corrected chi connectivity index (χ4v) is 4.44. The molecule has 1 saturated heterocycles. The van der Waals surface area contributed by atoms with Crippen LogP contribution in [0.25, 0.3) is 0 Å². The number of pyridine rings is 1. The highest BCUT2D eigenvalue weighted by atomic mass is 32.2. The molecule has 27 heavy (non-hydrogen) atoms. The molecule has 1 aliphatic rings. The largest absolute Gasteiger partial charge is 0.364 e. The summed E-state index contributed by atoms with van der Waals surface area (Å²) in [5, 5.41) is 0. The molecule has 1 aliphatic heterocycles. The van der Waals surface area contributed by atoms with Gasteiger partial charge in [0.25, 0.3) is 11.9 Å². The lowest BCUT2D eigenvalue weighted by molar-refractivity contribution is 0.369. The van der Waals surface area contributed by atoms with E-state index in [1.807, 2.05) is 6.92 Å². The Labute approximate surface area is 154 Å². The third kappa shape index (κ3) is 3.51. The Kier molecular flexibility index (Phi) is 5.13. The van der Waals surface area contributed by atoms with Gasteiger partial charge in [-0.2, -0.15) is 26.9 Å². The highest BCUT2D eigenvalue weighted by Gasteiger charge is 2.32. The van der Waals surface area contributed by atoms with Gasteiger partial charge in [-0.05, 0) is 37.1 Å². The average molecular weight is 403 g/mol. The number of sulfonamides is 1. The van der Waals surface area contributed by atoms with Crippen molar-refractivity contribution in [3.05, 3.63) is 52.9 Å². The van der Waals surface area contributed by atoms with E-state index in [-0.39, 0.29) is 31.1 Å². The van der Waals surface area contributed by atoms with Crippen molar-refractivity contribution in [1.82, 2.24) is 9.29 Å². The molecule has 0 saturated carbocycles. The SMILES string of the molecule is Cc1ccc(S(=O)(=O)N2CCN(c3c(F)c(F)nc(F)c3F)CC2)cc1C. The normalized spacial score (nSPS) is 16.0. The van der Waals surface area contributed by atoms with Gasteiger partial charge in [0.05, 0.1) is 4.90 Å². The minimum absolute atomic E-state index is 0.0836.